The lowest BCUT2D eigenvalue weighted by molar-refractivity contribution is 0.112. The minimum atomic E-state index is 0.135. The van der Waals surface area contributed by atoms with Crippen molar-refractivity contribution in [2.75, 3.05) is 25.0 Å². The molecule has 0 aromatic heterocycles. The van der Waals surface area contributed by atoms with Gasteiger partial charge in [-0.15, -0.1) is 0 Å². The third-order valence-electron chi connectivity index (χ3n) is 8.35. The van der Waals surface area contributed by atoms with Crippen LogP contribution in [0.15, 0.2) is 89.0 Å². The van der Waals surface area contributed by atoms with Crippen LogP contribution in [0.2, 0.25) is 0 Å². The lowest BCUT2D eigenvalue weighted by Gasteiger charge is -2.43. The Bertz CT molecular complexity index is 1350. The Morgan fingerprint density at radius 3 is 2.17 bits per heavy atom. The smallest absolute Gasteiger partial charge is 0.150 e. The average Bonchev–Trinajstić information content (AvgIpc) is 2.96. The van der Waals surface area contributed by atoms with Crippen molar-refractivity contribution in [1.82, 2.24) is 0 Å². The monoisotopic (exact) mass is 548 g/mol. The van der Waals surface area contributed by atoms with Gasteiger partial charge in [0.25, 0.3) is 0 Å². The molecule has 0 saturated heterocycles. The van der Waals surface area contributed by atoms with Crippen molar-refractivity contribution < 1.29 is 4.79 Å². The average molecular weight is 549 g/mol. The van der Waals surface area contributed by atoms with Crippen LogP contribution in [-0.2, 0) is 18.3 Å². The quantitative estimate of drug-likeness (QED) is 0.112. The molecular weight excluding hydrogens is 504 g/mol. The lowest BCUT2D eigenvalue weighted by Crippen LogP contribution is -2.35. The second-order valence-corrected chi connectivity index (χ2v) is 11.3. The van der Waals surface area contributed by atoms with E-state index in [2.05, 4.69) is 77.1 Å². The van der Waals surface area contributed by atoms with Crippen molar-refractivity contribution in [3.05, 3.63) is 112 Å². The minimum Gasteiger partial charge on any atom is -0.401 e. The highest BCUT2D eigenvalue weighted by atomic mass is 16.1. The first-order valence-corrected chi connectivity index (χ1v) is 14.8. The van der Waals surface area contributed by atoms with E-state index in [0.717, 1.165) is 67.5 Å². The molecule has 0 atom stereocenters. The summed E-state index contributed by atoms with van der Waals surface area (Å²) in [5, 5.41) is 3.45. The summed E-state index contributed by atoms with van der Waals surface area (Å²) in [6.45, 7) is 11.2. The van der Waals surface area contributed by atoms with Crippen LogP contribution >= 0.6 is 0 Å². The molecule has 41 heavy (non-hydrogen) atoms. The molecule has 1 aliphatic carbocycles. The highest BCUT2D eigenvalue weighted by Gasteiger charge is 2.40. The van der Waals surface area contributed by atoms with Gasteiger partial charge in [0.2, 0.25) is 0 Å². The highest BCUT2D eigenvalue weighted by Crippen LogP contribution is 2.49. The summed E-state index contributed by atoms with van der Waals surface area (Å²) in [5.74, 6) is 0. The zero-order valence-electron chi connectivity index (χ0n) is 24.5. The first kappa shape index (κ1) is 30.0. The SMILES string of the molecule is C=NC/C(CCc1ccc(C2(c3ccc(CCCCNc4ccc(C)c(C=O)c4)cc3)CCC2)cc1)=N\CC(=C)N. The molecule has 0 unspecified atom stereocenters. The summed E-state index contributed by atoms with van der Waals surface area (Å²) in [7, 11) is 0. The molecule has 0 radical (unpaired) electrons. The van der Waals surface area contributed by atoms with Crippen LogP contribution in [0.1, 0.15) is 76.7 Å². The number of carbonyl (C=O) groups is 1. The third kappa shape index (κ3) is 8.03. The molecule has 4 rings (SSSR count). The molecule has 1 aliphatic rings. The highest BCUT2D eigenvalue weighted by molar-refractivity contribution is 5.87. The van der Waals surface area contributed by atoms with Crippen molar-refractivity contribution in [3.63, 3.8) is 0 Å². The topological polar surface area (TPSA) is 79.8 Å². The van der Waals surface area contributed by atoms with Crippen LogP contribution in [-0.4, -0.2) is 38.3 Å². The van der Waals surface area contributed by atoms with Gasteiger partial charge in [-0.3, -0.25) is 14.8 Å². The number of hydrogen-bond donors (Lipinski definition) is 2. The number of aryl methyl sites for hydroxylation is 3. The van der Waals surface area contributed by atoms with E-state index in [1.807, 2.05) is 25.1 Å². The fourth-order valence-electron chi connectivity index (χ4n) is 5.66. The number of carbonyl (C=O) groups excluding carboxylic acids is 1. The number of anilines is 1. The van der Waals surface area contributed by atoms with Gasteiger partial charge in [0.05, 0.1) is 13.1 Å². The Morgan fingerprint density at radius 2 is 1.61 bits per heavy atom. The van der Waals surface area contributed by atoms with Gasteiger partial charge < -0.3 is 11.1 Å². The van der Waals surface area contributed by atoms with Gasteiger partial charge in [0.1, 0.15) is 6.29 Å². The maximum atomic E-state index is 11.2. The number of rotatable bonds is 16. The zero-order valence-corrected chi connectivity index (χ0v) is 24.5. The number of nitrogens with zero attached hydrogens (tertiary/aromatic N) is 2. The molecule has 5 nitrogen and oxygen atoms in total. The molecule has 214 valence electrons. The Balaban J connectivity index is 1.29. The van der Waals surface area contributed by atoms with Crippen molar-refractivity contribution in [3.8, 4) is 0 Å². The van der Waals surface area contributed by atoms with E-state index in [-0.39, 0.29) is 5.41 Å². The van der Waals surface area contributed by atoms with Crippen LogP contribution in [0.3, 0.4) is 0 Å². The van der Waals surface area contributed by atoms with Crippen LogP contribution in [0.5, 0.6) is 0 Å². The fourth-order valence-corrected chi connectivity index (χ4v) is 5.66. The summed E-state index contributed by atoms with van der Waals surface area (Å²) < 4.78 is 0. The Morgan fingerprint density at radius 1 is 0.951 bits per heavy atom. The number of nitrogens with one attached hydrogen (secondary N) is 1. The molecule has 1 saturated carbocycles. The molecule has 5 heteroatoms. The first-order chi connectivity index (χ1) is 19.9. The summed E-state index contributed by atoms with van der Waals surface area (Å²) >= 11 is 0. The van der Waals surface area contributed by atoms with Crippen molar-refractivity contribution in [1.29, 1.82) is 0 Å². The van der Waals surface area contributed by atoms with Gasteiger partial charge in [-0.2, -0.15) is 0 Å². The van der Waals surface area contributed by atoms with Gasteiger partial charge >= 0.3 is 0 Å². The van der Waals surface area contributed by atoms with Gasteiger partial charge in [-0.05, 0) is 98.5 Å². The summed E-state index contributed by atoms with van der Waals surface area (Å²) in [6, 6.07) is 24.5. The number of nitrogens with two attached hydrogens (primary N) is 1. The van der Waals surface area contributed by atoms with Crippen molar-refractivity contribution in [2.45, 2.75) is 63.7 Å². The molecule has 3 N–H and O–H groups in total. The van der Waals surface area contributed by atoms with Gasteiger partial charge in [0, 0.05) is 34.6 Å². The maximum absolute atomic E-state index is 11.2. The molecule has 1 fully saturated rings. The molecule has 0 aliphatic heterocycles. The van der Waals surface area contributed by atoms with E-state index in [4.69, 9.17) is 5.73 Å². The van der Waals surface area contributed by atoms with Gasteiger partial charge in [0.15, 0.2) is 0 Å². The largest absolute Gasteiger partial charge is 0.401 e. The van der Waals surface area contributed by atoms with E-state index in [9.17, 15) is 4.79 Å². The molecule has 3 aromatic carbocycles. The van der Waals surface area contributed by atoms with E-state index in [1.165, 1.54) is 41.5 Å². The number of aldehydes is 1. The maximum Gasteiger partial charge on any atom is 0.150 e. The number of benzene rings is 3. The normalized spacial score (nSPS) is 14.2. The third-order valence-corrected chi connectivity index (χ3v) is 8.35. The predicted octanol–water partition coefficient (Wildman–Crippen LogP) is 7.26. The van der Waals surface area contributed by atoms with Crippen molar-refractivity contribution in [2.24, 2.45) is 15.7 Å². The van der Waals surface area contributed by atoms with E-state index in [0.29, 0.717) is 18.8 Å². The van der Waals surface area contributed by atoms with Crippen LogP contribution < -0.4 is 11.1 Å². The number of unbranched alkanes of at least 4 members (excludes halogenated alkanes) is 1. The summed E-state index contributed by atoms with van der Waals surface area (Å²) in [4.78, 5) is 19.7. The predicted molar refractivity (Wildman–Crippen MR) is 174 cm³/mol. The van der Waals surface area contributed by atoms with Crippen LogP contribution in [0.4, 0.5) is 5.69 Å². The second kappa shape index (κ2) is 14.6. The molecule has 3 aromatic rings. The molecule has 0 amide bonds. The lowest BCUT2D eigenvalue weighted by atomic mass is 9.60. The Hall–Kier alpha value is -3.99. The minimum absolute atomic E-state index is 0.135. The molecular formula is C36H44N4O. The molecule has 0 spiro atoms. The first-order valence-electron chi connectivity index (χ1n) is 14.8. The molecule has 0 bridgehead atoms. The fraction of sp³-hybridized carbons (Fsp3) is 0.361. The zero-order chi connectivity index (χ0) is 29.1. The summed E-state index contributed by atoms with van der Waals surface area (Å²) in [5.41, 5.74) is 15.7. The van der Waals surface area contributed by atoms with E-state index in [1.54, 1.807) is 0 Å². The van der Waals surface area contributed by atoms with Gasteiger partial charge in [-0.1, -0.05) is 67.6 Å². The molecule has 0 heterocycles. The van der Waals surface area contributed by atoms with Crippen LogP contribution in [0, 0.1) is 6.92 Å². The number of aliphatic imine (C=N–C) groups is 2. The van der Waals surface area contributed by atoms with Gasteiger partial charge in [-0.25, -0.2) is 0 Å². The Labute approximate surface area is 245 Å². The summed E-state index contributed by atoms with van der Waals surface area (Å²) in [6.07, 6.45) is 9.65. The standard InChI is InChI=1S/C36H44N4O/c1-27-8-18-34(23-31(27)26-41)39-22-5-4-7-29-9-14-32(15-10-29)36(20-6-21-36)33-16-11-30(12-17-33)13-19-35(25-38-3)40-24-28(2)37/h8-12,14-18,23,26,39H,2-7,13,19-22,24-25,37H2,1H3/b40-35-. The Kier molecular flexibility index (Phi) is 10.7. The van der Waals surface area contributed by atoms with Crippen LogP contribution in [0.25, 0.3) is 0 Å². The second-order valence-electron chi connectivity index (χ2n) is 11.3. The number of hydrogen-bond acceptors (Lipinski definition) is 5. The van der Waals surface area contributed by atoms with Crippen molar-refractivity contribution >= 4 is 24.4 Å². The van der Waals surface area contributed by atoms with E-state index >= 15 is 0 Å². The van der Waals surface area contributed by atoms with E-state index < -0.39 is 0 Å².